The number of fused-ring (bicyclic) bond motifs is 3. The Morgan fingerprint density at radius 3 is 2.29 bits per heavy atom. The molecule has 0 bridgehead atoms. The van der Waals surface area contributed by atoms with E-state index >= 15 is 0 Å². The Hall–Kier alpha value is -3.65. The fourth-order valence-corrected chi connectivity index (χ4v) is 4.61. The predicted octanol–water partition coefficient (Wildman–Crippen LogP) is 6.64. The van der Waals surface area contributed by atoms with Crippen LogP contribution in [0.4, 0.5) is 0 Å². The molecule has 0 radical (unpaired) electrons. The van der Waals surface area contributed by atoms with E-state index in [0.29, 0.717) is 5.75 Å². The highest BCUT2D eigenvalue weighted by Crippen LogP contribution is 2.43. The van der Waals surface area contributed by atoms with Crippen LogP contribution in [0.5, 0.6) is 5.75 Å². The molecule has 0 unspecified atom stereocenters. The second-order valence-electron chi connectivity index (χ2n) is 8.06. The molecular weight excluding hydrogens is 380 g/mol. The van der Waals surface area contributed by atoms with Gasteiger partial charge in [0.2, 0.25) is 0 Å². The zero-order valence-electron chi connectivity index (χ0n) is 17.6. The summed E-state index contributed by atoms with van der Waals surface area (Å²) < 4.78 is 5.25. The van der Waals surface area contributed by atoms with Crippen LogP contribution < -0.4 is 4.74 Å². The Labute approximate surface area is 183 Å². The minimum absolute atomic E-state index is 0.299. The number of carbonyl (C=O) groups is 1. The number of ether oxygens (including phenoxy) is 1. The maximum Gasteiger partial charge on any atom is 0.308 e. The highest BCUT2D eigenvalue weighted by Gasteiger charge is 2.23. The van der Waals surface area contributed by atoms with Crippen molar-refractivity contribution in [2.75, 3.05) is 0 Å². The van der Waals surface area contributed by atoms with Gasteiger partial charge in [-0.3, -0.25) is 4.79 Å². The van der Waals surface area contributed by atoms with Crippen LogP contribution in [0.2, 0.25) is 0 Å². The van der Waals surface area contributed by atoms with Crippen molar-refractivity contribution in [3.05, 3.63) is 113 Å². The Balaban J connectivity index is 1.57. The van der Waals surface area contributed by atoms with E-state index in [0.717, 1.165) is 19.3 Å². The molecule has 0 aromatic heterocycles. The summed E-state index contributed by atoms with van der Waals surface area (Å²) >= 11 is 0. The Morgan fingerprint density at radius 2 is 1.52 bits per heavy atom. The first-order valence-electron chi connectivity index (χ1n) is 10.7. The lowest BCUT2D eigenvalue weighted by molar-refractivity contribution is -0.131. The molecule has 4 aromatic carbocycles. The second-order valence-corrected chi connectivity index (χ2v) is 8.06. The molecule has 0 saturated carbocycles. The third kappa shape index (κ3) is 3.89. The predicted molar refractivity (Wildman–Crippen MR) is 125 cm³/mol. The van der Waals surface area contributed by atoms with Crippen molar-refractivity contribution in [3.63, 3.8) is 0 Å². The summed E-state index contributed by atoms with van der Waals surface area (Å²) in [5.41, 5.74) is 10.6. The van der Waals surface area contributed by atoms with E-state index < -0.39 is 0 Å². The molecule has 0 amide bonds. The summed E-state index contributed by atoms with van der Waals surface area (Å²) in [6, 6.07) is 31.8. The fraction of sp³-hybridized carbons (Fsp3) is 0.138. The van der Waals surface area contributed by atoms with E-state index in [-0.39, 0.29) is 5.97 Å². The van der Waals surface area contributed by atoms with Crippen molar-refractivity contribution >= 4 is 5.97 Å². The molecular formula is C29H24O2. The average Bonchev–Trinajstić information content (AvgIpc) is 3.17. The topological polar surface area (TPSA) is 26.3 Å². The van der Waals surface area contributed by atoms with Gasteiger partial charge in [-0.25, -0.2) is 0 Å². The van der Waals surface area contributed by atoms with Crippen LogP contribution in [0.25, 0.3) is 22.3 Å². The van der Waals surface area contributed by atoms with E-state index in [2.05, 4.69) is 78.9 Å². The first kappa shape index (κ1) is 19.3. The smallest absolute Gasteiger partial charge is 0.308 e. The van der Waals surface area contributed by atoms with Gasteiger partial charge < -0.3 is 4.74 Å². The van der Waals surface area contributed by atoms with Crippen LogP contribution in [-0.4, -0.2) is 5.97 Å². The molecule has 2 nitrogen and oxygen atoms in total. The van der Waals surface area contributed by atoms with E-state index in [1.54, 1.807) is 0 Å². The van der Waals surface area contributed by atoms with Gasteiger partial charge in [0.25, 0.3) is 0 Å². The van der Waals surface area contributed by atoms with E-state index in [1.807, 2.05) is 12.1 Å². The third-order valence-electron chi connectivity index (χ3n) is 6.00. The van der Waals surface area contributed by atoms with Gasteiger partial charge in [0.05, 0.1) is 0 Å². The minimum atomic E-state index is -0.299. The van der Waals surface area contributed by atoms with Gasteiger partial charge in [0.15, 0.2) is 0 Å². The van der Waals surface area contributed by atoms with Crippen molar-refractivity contribution in [1.29, 1.82) is 0 Å². The molecule has 4 aromatic rings. The van der Waals surface area contributed by atoms with E-state index in [9.17, 15) is 4.79 Å². The minimum Gasteiger partial charge on any atom is -0.427 e. The van der Waals surface area contributed by atoms with Crippen LogP contribution in [0.15, 0.2) is 91.0 Å². The van der Waals surface area contributed by atoms with Crippen LogP contribution in [-0.2, 0) is 24.1 Å². The van der Waals surface area contributed by atoms with Crippen LogP contribution in [0, 0.1) is 0 Å². The summed E-state index contributed by atoms with van der Waals surface area (Å²) in [6.07, 6.45) is 2.94. The van der Waals surface area contributed by atoms with E-state index in [4.69, 9.17) is 4.74 Å². The Morgan fingerprint density at radius 1 is 0.774 bits per heavy atom. The monoisotopic (exact) mass is 404 g/mol. The second kappa shape index (κ2) is 8.23. The lowest BCUT2D eigenvalue weighted by atomic mass is 9.88. The highest BCUT2D eigenvalue weighted by molar-refractivity contribution is 5.86. The normalized spacial score (nSPS) is 11.6. The Kier molecular flexibility index (Phi) is 5.13. The van der Waals surface area contributed by atoms with Gasteiger partial charge in [-0.1, -0.05) is 78.9 Å². The molecule has 0 heterocycles. The summed E-state index contributed by atoms with van der Waals surface area (Å²) in [4.78, 5) is 11.3. The highest BCUT2D eigenvalue weighted by atomic mass is 16.5. The van der Waals surface area contributed by atoms with Crippen molar-refractivity contribution in [1.82, 2.24) is 0 Å². The zero-order chi connectivity index (χ0) is 21.2. The molecule has 1 aliphatic rings. The number of aryl methyl sites for hydroxylation is 2. The van der Waals surface area contributed by atoms with Gasteiger partial charge in [0.1, 0.15) is 5.75 Å². The summed E-state index contributed by atoms with van der Waals surface area (Å²) in [5.74, 6) is 0.283. The zero-order valence-corrected chi connectivity index (χ0v) is 17.6. The first-order valence-corrected chi connectivity index (χ1v) is 10.7. The molecule has 2 heteroatoms. The summed E-state index contributed by atoms with van der Waals surface area (Å²) in [5, 5.41) is 0. The van der Waals surface area contributed by atoms with Gasteiger partial charge in [0, 0.05) is 6.92 Å². The summed E-state index contributed by atoms with van der Waals surface area (Å²) in [6.45, 7) is 1.43. The number of esters is 1. The van der Waals surface area contributed by atoms with Crippen LogP contribution >= 0.6 is 0 Å². The largest absolute Gasteiger partial charge is 0.427 e. The molecule has 5 rings (SSSR count). The third-order valence-corrected chi connectivity index (χ3v) is 6.00. The molecule has 0 atom stereocenters. The number of hydrogen-bond donors (Lipinski definition) is 0. The Bertz CT molecular complexity index is 1240. The lowest BCUT2D eigenvalue weighted by Gasteiger charge is -2.16. The molecule has 0 aliphatic heterocycles. The molecule has 0 saturated heterocycles. The van der Waals surface area contributed by atoms with Crippen molar-refractivity contribution in [3.8, 4) is 28.0 Å². The van der Waals surface area contributed by atoms with Gasteiger partial charge in [-0.2, -0.15) is 0 Å². The molecule has 0 spiro atoms. The van der Waals surface area contributed by atoms with Gasteiger partial charge >= 0.3 is 5.97 Å². The average molecular weight is 405 g/mol. The van der Waals surface area contributed by atoms with Gasteiger partial charge in [-0.15, -0.1) is 0 Å². The quantitative estimate of drug-likeness (QED) is 0.243. The molecule has 0 N–H and O–H groups in total. The lowest BCUT2D eigenvalue weighted by Crippen LogP contribution is -2.01. The number of rotatable bonds is 5. The number of benzene rings is 4. The number of carbonyl (C=O) groups excluding carboxylic acids is 1. The van der Waals surface area contributed by atoms with Crippen molar-refractivity contribution in [2.45, 2.75) is 26.2 Å². The number of hydrogen-bond acceptors (Lipinski definition) is 2. The maximum atomic E-state index is 11.3. The maximum absolute atomic E-state index is 11.3. The van der Waals surface area contributed by atoms with E-state index in [1.165, 1.54) is 51.4 Å². The van der Waals surface area contributed by atoms with Crippen molar-refractivity contribution in [2.24, 2.45) is 0 Å². The van der Waals surface area contributed by atoms with Crippen molar-refractivity contribution < 1.29 is 9.53 Å². The van der Waals surface area contributed by atoms with Gasteiger partial charge in [-0.05, 0) is 75.9 Å². The molecule has 31 heavy (non-hydrogen) atoms. The van der Waals surface area contributed by atoms with Crippen LogP contribution in [0.1, 0.15) is 29.2 Å². The first-order chi connectivity index (χ1) is 15.2. The standard InChI is InChI=1S/C29H24O2/c1-20(30)31-25-16-13-23(14-17-25)29-22(12-11-21-7-3-2-4-8-21)15-18-27-26-10-6-5-9-24(26)19-28(27)29/h2-10,13-18H,11-12,19H2,1H3. The SMILES string of the molecule is CC(=O)Oc1ccc(-c2c(CCc3ccccc3)ccc3c2Cc2ccccc2-3)cc1. The molecule has 1 aliphatic carbocycles. The molecule has 0 fully saturated rings. The van der Waals surface area contributed by atoms with Crippen LogP contribution in [0.3, 0.4) is 0 Å². The summed E-state index contributed by atoms with van der Waals surface area (Å²) in [7, 11) is 0. The fourth-order valence-electron chi connectivity index (χ4n) is 4.61. The molecule has 152 valence electrons.